The number of amidine groups is 1. The minimum absolute atomic E-state index is 0.123. The van der Waals surface area contributed by atoms with E-state index in [0.717, 1.165) is 0 Å². The van der Waals surface area contributed by atoms with Gasteiger partial charge in [0.1, 0.15) is 5.84 Å². The predicted octanol–water partition coefficient (Wildman–Crippen LogP) is 1.77. The van der Waals surface area contributed by atoms with Gasteiger partial charge in [0, 0.05) is 6.20 Å². The highest BCUT2D eigenvalue weighted by Gasteiger charge is 2.59. The number of Topliss-reactive ketones (excluding diaryl/α,β-unsaturated/α-hetero) is 1. The molecule has 0 bridgehead atoms. The van der Waals surface area contributed by atoms with Crippen molar-refractivity contribution in [2.24, 2.45) is 4.99 Å². The second-order valence-electron chi connectivity index (χ2n) is 4.95. The van der Waals surface area contributed by atoms with E-state index in [0.29, 0.717) is 10.7 Å². The second kappa shape index (κ2) is 5.69. The first-order chi connectivity index (χ1) is 11.0. The number of hydrogen-bond acceptors (Lipinski definition) is 7. The van der Waals surface area contributed by atoms with Crippen LogP contribution in [0.1, 0.15) is 13.3 Å². The van der Waals surface area contributed by atoms with Gasteiger partial charge in [0.25, 0.3) is 5.91 Å². The average Bonchev–Trinajstić information content (AvgIpc) is 2.96. The van der Waals surface area contributed by atoms with Crippen molar-refractivity contribution in [1.82, 2.24) is 4.90 Å². The highest BCUT2D eigenvalue weighted by atomic mass is 32.2. The summed E-state index contributed by atoms with van der Waals surface area (Å²) in [5.74, 6) is -0.531. The third-order valence-corrected chi connectivity index (χ3v) is 4.65. The van der Waals surface area contributed by atoms with Crippen LogP contribution in [0.2, 0.25) is 0 Å². The van der Waals surface area contributed by atoms with Crippen molar-refractivity contribution in [3.63, 3.8) is 0 Å². The zero-order valence-corrected chi connectivity index (χ0v) is 13.4. The van der Waals surface area contributed by atoms with Crippen LogP contribution in [-0.4, -0.2) is 47.0 Å². The Balaban J connectivity index is 2.04. The van der Waals surface area contributed by atoms with Crippen molar-refractivity contribution < 1.29 is 23.9 Å². The fourth-order valence-electron chi connectivity index (χ4n) is 2.82. The Kier molecular flexibility index (Phi) is 3.85. The number of aliphatic imine (C=N–C) groups is 1. The number of hydrogen-bond donors (Lipinski definition) is 0. The Morgan fingerprint density at radius 1 is 1.43 bits per heavy atom. The highest BCUT2D eigenvalue weighted by Crippen LogP contribution is 2.48. The van der Waals surface area contributed by atoms with Gasteiger partial charge in [-0.05, 0) is 25.3 Å². The van der Waals surface area contributed by atoms with Gasteiger partial charge in [0.15, 0.2) is 11.3 Å². The standard InChI is InChI=1S/C15H14N2O5S/c1-3-21-14(20)22-11-9(18)8-15(12(11)23-2)13(19)16-10-6-4-5-7-17(10)15/h4-7H,3,8H2,1-2H3. The zero-order valence-electron chi connectivity index (χ0n) is 12.6. The summed E-state index contributed by atoms with van der Waals surface area (Å²) in [7, 11) is 0. The molecule has 0 aromatic heterocycles. The SMILES string of the molecule is CCOC(=O)OC1=C(SC)C2(CC1=O)C(=O)N=C1C=CC=CN12. The summed E-state index contributed by atoms with van der Waals surface area (Å²) in [6.07, 6.45) is 7.55. The molecule has 1 amide bonds. The van der Waals surface area contributed by atoms with E-state index in [1.807, 2.05) is 0 Å². The van der Waals surface area contributed by atoms with Gasteiger partial charge >= 0.3 is 6.16 Å². The van der Waals surface area contributed by atoms with E-state index in [-0.39, 0.29) is 18.8 Å². The maximum Gasteiger partial charge on any atom is 0.513 e. The number of allylic oxidation sites excluding steroid dienone is 3. The van der Waals surface area contributed by atoms with Gasteiger partial charge in [-0.3, -0.25) is 9.59 Å². The van der Waals surface area contributed by atoms with Crippen LogP contribution in [0, 0.1) is 0 Å². The minimum atomic E-state index is -1.26. The molecule has 23 heavy (non-hydrogen) atoms. The van der Waals surface area contributed by atoms with E-state index < -0.39 is 23.4 Å². The number of carbonyl (C=O) groups is 3. The Morgan fingerprint density at radius 2 is 2.22 bits per heavy atom. The first-order valence-corrected chi connectivity index (χ1v) is 8.21. The van der Waals surface area contributed by atoms with Gasteiger partial charge in [0.2, 0.25) is 5.78 Å². The molecule has 120 valence electrons. The summed E-state index contributed by atoms with van der Waals surface area (Å²) in [4.78, 5) is 42.6. The van der Waals surface area contributed by atoms with Crippen LogP contribution in [0.15, 0.2) is 40.1 Å². The van der Waals surface area contributed by atoms with Crippen LogP contribution in [0.3, 0.4) is 0 Å². The van der Waals surface area contributed by atoms with E-state index in [2.05, 4.69) is 4.99 Å². The van der Waals surface area contributed by atoms with Gasteiger partial charge in [0.05, 0.1) is 17.9 Å². The van der Waals surface area contributed by atoms with E-state index >= 15 is 0 Å². The van der Waals surface area contributed by atoms with Crippen molar-refractivity contribution in [2.75, 3.05) is 12.9 Å². The molecule has 2 heterocycles. The molecule has 3 rings (SSSR count). The van der Waals surface area contributed by atoms with Crippen LogP contribution in [0.4, 0.5) is 4.79 Å². The Hall–Kier alpha value is -2.35. The van der Waals surface area contributed by atoms with Gasteiger partial charge < -0.3 is 14.4 Å². The smallest absolute Gasteiger partial charge is 0.434 e. The maximum absolute atomic E-state index is 12.6. The lowest BCUT2D eigenvalue weighted by atomic mass is 9.96. The lowest BCUT2D eigenvalue weighted by Crippen LogP contribution is -2.48. The van der Waals surface area contributed by atoms with Crippen LogP contribution >= 0.6 is 11.8 Å². The third kappa shape index (κ3) is 2.21. The molecule has 0 aromatic carbocycles. The molecule has 1 atom stereocenters. The van der Waals surface area contributed by atoms with E-state index in [1.165, 1.54) is 11.8 Å². The second-order valence-corrected chi connectivity index (χ2v) is 5.77. The van der Waals surface area contributed by atoms with Crippen LogP contribution in [-0.2, 0) is 19.1 Å². The highest BCUT2D eigenvalue weighted by molar-refractivity contribution is 8.02. The summed E-state index contributed by atoms with van der Waals surface area (Å²) in [5, 5.41) is 0. The molecule has 0 fully saturated rings. The summed E-state index contributed by atoms with van der Waals surface area (Å²) in [6.45, 7) is 1.76. The number of thioether (sulfide) groups is 1. The monoisotopic (exact) mass is 334 g/mol. The van der Waals surface area contributed by atoms with Crippen LogP contribution < -0.4 is 0 Å². The lowest BCUT2D eigenvalue weighted by Gasteiger charge is -2.33. The molecule has 0 radical (unpaired) electrons. The Labute approximate surface area is 136 Å². The molecule has 7 nitrogen and oxygen atoms in total. The summed E-state index contributed by atoms with van der Waals surface area (Å²) in [5.41, 5.74) is -1.26. The fourth-order valence-corrected chi connectivity index (χ4v) is 3.75. The first kappa shape index (κ1) is 15.5. The normalized spacial score (nSPS) is 25.3. The summed E-state index contributed by atoms with van der Waals surface area (Å²) in [6, 6.07) is 0. The predicted molar refractivity (Wildman–Crippen MR) is 83.6 cm³/mol. The summed E-state index contributed by atoms with van der Waals surface area (Å²) >= 11 is 1.19. The van der Waals surface area contributed by atoms with E-state index in [9.17, 15) is 14.4 Å². The minimum Gasteiger partial charge on any atom is -0.434 e. The molecular formula is C15H14N2O5S. The van der Waals surface area contributed by atoms with Gasteiger partial charge in [-0.1, -0.05) is 6.08 Å². The molecule has 0 aromatic rings. The Bertz CT molecular complexity index is 721. The molecule has 0 saturated heterocycles. The number of amides is 1. The van der Waals surface area contributed by atoms with Crippen molar-refractivity contribution in [3.05, 3.63) is 35.1 Å². The molecule has 0 saturated carbocycles. The lowest BCUT2D eigenvalue weighted by molar-refractivity contribution is -0.126. The fraction of sp³-hybridized carbons (Fsp3) is 0.333. The molecular weight excluding hydrogens is 320 g/mol. The third-order valence-electron chi connectivity index (χ3n) is 3.72. The van der Waals surface area contributed by atoms with Crippen molar-refractivity contribution in [1.29, 1.82) is 0 Å². The molecule has 1 aliphatic carbocycles. The largest absolute Gasteiger partial charge is 0.513 e. The Morgan fingerprint density at radius 3 is 2.91 bits per heavy atom. The van der Waals surface area contributed by atoms with Gasteiger partial charge in [-0.2, -0.15) is 4.99 Å². The van der Waals surface area contributed by atoms with Gasteiger partial charge in [-0.25, -0.2) is 4.79 Å². The molecule has 2 aliphatic heterocycles. The topological polar surface area (TPSA) is 85.3 Å². The maximum atomic E-state index is 12.6. The molecule has 8 heteroatoms. The van der Waals surface area contributed by atoms with E-state index in [4.69, 9.17) is 9.47 Å². The number of rotatable bonds is 3. The summed E-state index contributed by atoms with van der Waals surface area (Å²) < 4.78 is 9.78. The number of carbonyl (C=O) groups excluding carboxylic acids is 3. The molecule has 0 N–H and O–H groups in total. The average molecular weight is 334 g/mol. The molecule has 1 spiro atoms. The van der Waals surface area contributed by atoms with Crippen molar-refractivity contribution in [2.45, 2.75) is 18.9 Å². The number of ketones is 1. The molecule has 1 unspecified atom stereocenters. The van der Waals surface area contributed by atoms with E-state index in [1.54, 1.807) is 42.5 Å². The number of nitrogens with zero attached hydrogens (tertiary/aromatic N) is 2. The quantitative estimate of drug-likeness (QED) is 0.727. The number of ether oxygens (including phenoxy) is 2. The van der Waals surface area contributed by atoms with Crippen molar-refractivity contribution >= 4 is 35.4 Å². The zero-order chi connectivity index (χ0) is 16.6. The van der Waals surface area contributed by atoms with Crippen molar-refractivity contribution in [3.8, 4) is 0 Å². The van der Waals surface area contributed by atoms with Gasteiger partial charge in [-0.15, -0.1) is 11.8 Å². The number of fused-ring (bicyclic) bond motifs is 2. The molecule has 3 aliphatic rings. The first-order valence-electron chi connectivity index (χ1n) is 6.98. The van der Waals surface area contributed by atoms with Crippen LogP contribution in [0.5, 0.6) is 0 Å². The van der Waals surface area contributed by atoms with Crippen LogP contribution in [0.25, 0.3) is 0 Å².